The number of carbonyl (C=O) groups excluding carboxylic acids is 1. The van der Waals surface area contributed by atoms with E-state index in [1.54, 1.807) is 11.8 Å². The zero-order valence-corrected chi connectivity index (χ0v) is 16.4. The van der Waals surface area contributed by atoms with E-state index in [2.05, 4.69) is 10.1 Å². The molecule has 0 spiro atoms. The van der Waals surface area contributed by atoms with Gasteiger partial charge in [-0.3, -0.25) is 4.79 Å². The molecule has 1 unspecified atom stereocenters. The van der Waals surface area contributed by atoms with Crippen LogP contribution >= 0.6 is 0 Å². The first-order chi connectivity index (χ1) is 12.8. The Morgan fingerprint density at radius 2 is 1.96 bits per heavy atom. The Labute approximate surface area is 159 Å². The number of aromatic nitrogens is 2. The molecule has 2 aromatic rings. The summed E-state index contributed by atoms with van der Waals surface area (Å²) in [5.41, 5.74) is 1.11. The third-order valence-corrected chi connectivity index (χ3v) is 5.98. The standard InChI is InChI=1S/C18H24N4O4S/c1-14-19-18(26-20-14)16-10-11-21(12-13-22(16)27(2,24)25)17(23)9-8-15-6-4-3-5-7-15/h3-7,16H,8-13H2,1-2H3. The van der Waals surface area contributed by atoms with Crippen molar-refractivity contribution in [1.29, 1.82) is 0 Å². The van der Waals surface area contributed by atoms with Crippen molar-refractivity contribution >= 4 is 15.9 Å². The summed E-state index contributed by atoms with van der Waals surface area (Å²) in [5, 5.41) is 3.77. The molecule has 2 heterocycles. The number of carbonyl (C=O) groups is 1. The van der Waals surface area contributed by atoms with Gasteiger partial charge >= 0.3 is 0 Å². The predicted molar refractivity (Wildman–Crippen MR) is 99.3 cm³/mol. The van der Waals surface area contributed by atoms with Crippen molar-refractivity contribution in [3.8, 4) is 0 Å². The number of nitrogens with zero attached hydrogens (tertiary/aromatic N) is 4. The Morgan fingerprint density at radius 1 is 1.22 bits per heavy atom. The van der Waals surface area contributed by atoms with E-state index in [0.717, 1.165) is 11.8 Å². The molecule has 1 saturated heterocycles. The molecule has 27 heavy (non-hydrogen) atoms. The van der Waals surface area contributed by atoms with Crippen molar-refractivity contribution in [3.05, 3.63) is 47.6 Å². The van der Waals surface area contributed by atoms with Gasteiger partial charge in [0.05, 0.1) is 6.26 Å². The van der Waals surface area contributed by atoms with E-state index in [9.17, 15) is 13.2 Å². The highest BCUT2D eigenvalue weighted by molar-refractivity contribution is 7.88. The zero-order chi connectivity index (χ0) is 19.4. The molecular weight excluding hydrogens is 368 g/mol. The van der Waals surface area contributed by atoms with E-state index in [4.69, 9.17) is 4.52 Å². The summed E-state index contributed by atoms with van der Waals surface area (Å²) in [7, 11) is -3.47. The molecule has 9 heteroatoms. The van der Waals surface area contributed by atoms with Gasteiger partial charge < -0.3 is 9.42 Å². The Morgan fingerprint density at radius 3 is 2.59 bits per heavy atom. The summed E-state index contributed by atoms with van der Waals surface area (Å²) in [6.07, 6.45) is 2.65. The summed E-state index contributed by atoms with van der Waals surface area (Å²) < 4.78 is 31.1. The minimum atomic E-state index is -3.47. The SMILES string of the molecule is Cc1noc(C2CCN(C(=O)CCc3ccccc3)CCN2S(C)(=O)=O)n1. The van der Waals surface area contributed by atoms with E-state index in [-0.39, 0.29) is 18.3 Å². The van der Waals surface area contributed by atoms with Crippen LogP contribution < -0.4 is 0 Å². The summed E-state index contributed by atoms with van der Waals surface area (Å²) in [4.78, 5) is 18.6. The first kappa shape index (κ1) is 19.5. The molecule has 1 aliphatic heterocycles. The lowest BCUT2D eigenvalue weighted by molar-refractivity contribution is -0.131. The Kier molecular flexibility index (Phi) is 5.91. The number of benzene rings is 1. The van der Waals surface area contributed by atoms with E-state index in [1.165, 1.54) is 4.31 Å². The number of hydrogen-bond acceptors (Lipinski definition) is 6. The summed E-state index contributed by atoms with van der Waals surface area (Å²) in [5.74, 6) is 0.754. The van der Waals surface area contributed by atoms with Gasteiger partial charge in [-0.15, -0.1) is 0 Å². The smallest absolute Gasteiger partial charge is 0.245 e. The van der Waals surface area contributed by atoms with Crippen LogP contribution in [0.25, 0.3) is 0 Å². The predicted octanol–water partition coefficient (Wildman–Crippen LogP) is 1.55. The Bertz CT molecular complexity index is 882. The fourth-order valence-corrected chi connectivity index (χ4v) is 4.38. The normalized spacial score (nSPS) is 19.0. The molecule has 1 amide bonds. The van der Waals surface area contributed by atoms with Crippen molar-refractivity contribution in [2.75, 3.05) is 25.9 Å². The molecule has 0 N–H and O–H groups in total. The van der Waals surface area contributed by atoms with Gasteiger partial charge in [-0.1, -0.05) is 35.5 Å². The van der Waals surface area contributed by atoms with Crippen molar-refractivity contribution in [2.24, 2.45) is 0 Å². The Balaban J connectivity index is 1.70. The third-order valence-electron chi connectivity index (χ3n) is 4.69. The van der Waals surface area contributed by atoms with Crippen molar-refractivity contribution in [1.82, 2.24) is 19.3 Å². The molecule has 1 fully saturated rings. The Hall–Kier alpha value is -2.26. The molecule has 0 aliphatic carbocycles. The largest absolute Gasteiger partial charge is 0.341 e. The number of amides is 1. The first-order valence-electron chi connectivity index (χ1n) is 8.93. The van der Waals surface area contributed by atoms with Gasteiger partial charge in [0.15, 0.2) is 5.82 Å². The third kappa shape index (κ3) is 4.92. The van der Waals surface area contributed by atoms with Crippen molar-refractivity contribution in [3.63, 3.8) is 0 Å². The van der Waals surface area contributed by atoms with Gasteiger partial charge in [0.1, 0.15) is 6.04 Å². The molecule has 3 rings (SSSR count). The minimum Gasteiger partial charge on any atom is -0.341 e. The van der Waals surface area contributed by atoms with Crippen LogP contribution in [0.15, 0.2) is 34.9 Å². The fourth-order valence-electron chi connectivity index (χ4n) is 3.30. The lowest BCUT2D eigenvalue weighted by Crippen LogP contribution is -2.38. The highest BCUT2D eigenvalue weighted by Gasteiger charge is 2.35. The fraction of sp³-hybridized carbons (Fsp3) is 0.500. The van der Waals surface area contributed by atoms with Gasteiger partial charge in [0.2, 0.25) is 21.8 Å². The molecule has 0 bridgehead atoms. The average Bonchev–Trinajstić information content (AvgIpc) is 2.92. The van der Waals surface area contributed by atoms with Crippen LogP contribution in [-0.4, -0.2) is 59.6 Å². The van der Waals surface area contributed by atoms with E-state index in [0.29, 0.717) is 38.2 Å². The maximum Gasteiger partial charge on any atom is 0.245 e. The van der Waals surface area contributed by atoms with Crippen LogP contribution in [0, 0.1) is 6.92 Å². The monoisotopic (exact) mass is 392 g/mol. The highest BCUT2D eigenvalue weighted by Crippen LogP contribution is 2.28. The molecular formula is C18H24N4O4S. The zero-order valence-electron chi connectivity index (χ0n) is 15.5. The molecule has 1 aromatic carbocycles. The van der Waals surface area contributed by atoms with Gasteiger partial charge in [-0.05, 0) is 25.3 Å². The second-order valence-corrected chi connectivity index (χ2v) is 8.66. The van der Waals surface area contributed by atoms with Gasteiger partial charge in [-0.2, -0.15) is 9.29 Å². The average molecular weight is 392 g/mol. The molecule has 1 aliphatic rings. The maximum atomic E-state index is 12.6. The molecule has 0 radical (unpaired) electrons. The number of sulfonamides is 1. The highest BCUT2D eigenvalue weighted by atomic mass is 32.2. The van der Waals surface area contributed by atoms with Gasteiger partial charge in [-0.25, -0.2) is 8.42 Å². The van der Waals surface area contributed by atoms with Crippen molar-refractivity contribution < 1.29 is 17.7 Å². The van der Waals surface area contributed by atoms with Crippen LogP contribution in [0.3, 0.4) is 0 Å². The number of hydrogen-bond donors (Lipinski definition) is 0. The van der Waals surface area contributed by atoms with Crippen molar-refractivity contribution in [2.45, 2.75) is 32.2 Å². The molecule has 1 aromatic heterocycles. The molecule has 0 saturated carbocycles. The maximum absolute atomic E-state index is 12.6. The second-order valence-electron chi connectivity index (χ2n) is 6.72. The topological polar surface area (TPSA) is 96.6 Å². The van der Waals surface area contributed by atoms with Crippen LogP contribution in [-0.2, 0) is 21.2 Å². The first-order valence-corrected chi connectivity index (χ1v) is 10.8. The van der Waals surface area contributed by atoms with E-state index in [1.807, 2.05) is 30.3 Å². The van der Waals surface area contributed by atoms with E-state index >= 15 is 0 Å². The molecule has 146 valence electrons. The quantitative estimate of drug-likeness (QED) is 0.766. The van der Waals surface area contributed by atoms with Crippen LogP contribution in [0.1, 0.15) is 36.2 Å². The summed E-state index contributed by atoms with van der Waals surface area (Å²) in [6.45, 7) is 2.70. The summed E-state index contributed by atoms with van der Waals surface area (Å²) in [6, 6.07) is 9.29. The minimum absolute atomic E-state index is 0.0228. The lowest BCUT2D eigenvalue weighted by atomic mass is 10.1. The van der Waals surface area contributed by atoms with Gasteiger partial charge in [0, 0.05) is 26.1 Å². The van der Waals surface area contributed by atoms with E-state index < -0.39 is 16.1 Å². The van der Waals surface area contributed by atoms with Crippen LogP contribution in [0.5, 0.6) is 0 Å². The molecule has 8 nitrogen and oxygen atoms in total. The van der Waals surface area contributed by atoms with Crippen LogP contribution in [0.2, 0.25) is 0 Å². The lowest BCUT2D eigenvalue weighted by Gasteiger charge is -2.24. The van der Waals surface area contributed by atoms with Crippen LogP contribution in [0.4, 0.5) is 0 Å². The second kappa shape index (κ2) is 8.18. The summed E-state index contributed by atoms with van der Waals surface area (Å²) >= 11 is 0. The number of rotatable bonds is 5. The van der Waals surface area contributed by atoms with Gasteiger partial charge in [0.25, 0.3) is 0 Å². The molecule has 1 atom stereocenters. The number of aryl methyl sites for hydroxylation is 2.